The summed E-state index contributed by atoms with van der Waals surface area (Å²) in [6, 6.07) is 6.40. The number of carbonyl (C=O) groups excluding carboxylic acids is 1. The third-order valence-electron chi connectivity index (χ3n) is 1.39. The monoisotopic (exact) mass is 171 g/mol. The second-order valence-electron chi connectivity index (χ2n) is 2.22. The van der Waals surface area contributed by atoms with Crippen LogP contribution in [0, 0.1) is 23.7 Å². The van der Waals surface area contributed by atoms with Crippen molar-refractivity contribution >= 4 is 6.47 Å². The minimum Gasteiger partial charge on any atom is -0.429 e. The molecule has 0 aromatic heterocycles. The molecule has 0 unspecified atom stereocenters. The summed E-state index contributed by atoms with van der Waals surface area (Å²) in [5.74, 6) is 2.63. The maximum Gasteiger partial charge on any atom is 0.298 e. The SMILES string of the molecule is C#Cc1cc(C#N)cc(OC=O)c1. The molecule has 0 saturated heterocycles. The molecule has 0 fully saturated rings. The Morgan fingerprint density at radius 1 is 1.38 bits per heavy atom. The Bertz CT molecular complexity index is 378. The Balaban J connectivity index is 3.18. The normalized spacial score (nSPS) is 8.15. The maximum atomic E-state index is 10.0. The number of hydrogen-bond acceptors (Lipinski definition) is 3. The second-order valence-corrected chi connectivity index (χ2v) is 2.22. The molecule has 0 bridgehead atoms. The first-order valence-electron chi connectivity index (χ1n) is 3.42. The first-order valence-corrected chi connectivity index (χ1v) is 3.42. The van der Waals surface area contributed by atoms with Crippen molar-refractivity contribution in [3.63, 3.8) is 0 Å². The molecule has 1 aromatic rings. The Labute approximate surface area is 75.6 Å². The quantitative estimate of drug-likeness (QED) is 0.494. The number of terminal acetylenes is 1. The zero-order chi connectivity index (χ0) is 9.68. The summed E-state index contributed by atoms with van der Waals surface area (Å²) in [6.45, 7) is 0.288. The molecular weight excluding hydrogens is 166 g/mol. The summed E-state index contributed by atoms with van der Waals surface area (Å²) >= 11 is 0. The molecule has 0 spiro atoms. The minimum absolute atomic E-state index is 0.280. The van der Waals surface area contributed by atoms with Gasteiger partial charge in [0.25, 0.3) is 6.47 Å². The molecule has 1 rings (SSSR count). The third-order valence-corrected chi connectivity index (χ3v) is 1.39. The lowest BCUT2D eigenvalue weighted by molar-refractivity contribution is -0.120. The van der Waals surface area contributed by atoms with Gasteiger partial charge >= 0.3 is 0 Å². The summed E-state index contributed by atoms with van der Waals surface area (Å²) in [6.07, 6.45) is 5.14. The van der Waals surface area contributed by atoms with Crippen molar-refractivity contribution in [3.8, 4) is 24.2 Å². The molecule has 0 aliphatic rings. The van der Waals surface area contributed by atoms with E-state index in [9.17, 15) is 4.79 Å². The van der Waals surface area contributed by atoms with Crippen LogP contribution in [0.4, 0.5) is 0 Å². The molecule has 13 heavy (non-hydrogen) atoms. The number of nitrogens with zero attached hydrogens (tertiary/aromatic N) is 1. The predicted molar refractivity (Wildman–Crippen MR) is 45.8 cm³/mol. The third kappa shape index (κ3) is 2.08. The maximum absolute atomic E-state index is 10.0. The van der Waals surface area contributed by atoms with Gasteiger partial charge in [-0.3, -0.25) is 4.79 Å². The summed E-state index contributed by atoms with van der Waals surface area (Å²) in [5.41, 5.74) is 0.878. The van der Waals surface area contributed by atoms with E-state index in [4.69, 9.17) is 11.7 Å². The van der Waals surface area contributed by atoms with Gasteiger partial charge in [-0.25, -0.2) is 0 Å². The van der Waals surface area contributed by atoms with Crippen LogP contribution in [0.1, 0.15) is 11.1 Å². The molecule has 0 heterocycles. The molecule has 0 atom stereocenters. The van der Waals surface area contributed by atoms with Gasteiger partial charge in [0, 0.05) is 5.56 Å². The fraction of sp³-hybridized carbons (Fsp3) is 0. The zero-order valence-corrected chi connectivity index (χ0v) is 6.65. The average Bonchev–Trinajstić information content (AvgIpc) is 2.17. The lowest BCUT2D eigenvalue weighted by Gasteiger charge is -1.98. The van der Waals surface area contributed by atoms with Crippen LogP contribution >= 0.6 is 0 Å². The van der Waals surface area contributed by atoms with E-state index in [-0.39, 0.29) is 12.2 Å². The minimum atomic E-state index is 0.280. The standard InChI is InChI=1S/C10H5NO2/c1-2-8-3-9(6-11)5-10(4-8)13-7-12/h1,3-5,7H. The number of benzene rings is 1. The molecule has 0 aliphatic heterocycles. The summed E-state index contributed by atoms with van der Waals surface area (Å²) in [4.78, 5) is 10.0. The van der Waals surface area contributed by atoms with Crippen LogP contribution < -0.4 is 4.74 Å². The van der Waals surface area contributed by atoms with Gasteiger partial charge in [0.2, 0.25) is 0 Å². The molecule has 0 saturated carbocycles. The molecule has 1 aromatic carbocycles. The van der Waals surface area contributed by atoms with E-state index in [1.807, 2.05) is 6.07 Å². The lowest BCUT2D eigenvalue weighted by Crippen LogP contribution is -1.90. The highest BCUT2D eigenvalue weighted by Crippen LogP contribution is 2.15. The number of hydrogen-bond donors (Lipinski definition) is 0. The fourth-order valence-corrected chi connectivity index (χ4v) is 0.871. The van der Waals surface area contributed by atoms with E-state index in [0.717, 1.165) is 0 Å². The van der Waals surface area contributed by atoms with Crippen molar-refractivity contribution in [2.45, 2.75) is 0 Å². The van der Waals surface area contributed by atoms with Crippen LogP contribution in [0.15, 0.2) is 18.2 Å². The Morgan fingerprint density at radius 3 is 2.62 bits per heavy atom. The Hall–Kier alpha value is -2.26. The predicted octanol–water partition coefficient (Wildman–Crippen LogP) is 1.07. The van der Waals surface area contributed by atoms with Crippen LogP contribution in [-0.2, 0) is 4.79 Å². The highest BCUT2D eigenvalue weighted by atomic mass is 16.5. The van der Waals surface area contributed by atoms with Crippen LogP contribution in [0.5, 0.6) is 5.75 Å². The van der Waals surface area contributed by atoms with E-state index in [1.165, 1.54) is 18.2 Å². The molecular formula is C10H5NO2. The van der Waals surface area contributed by atoms with Crippen molar-refractivity contribution in [1.82, 2.24) is 0 Å². The van der Waals surface area contributed by atoms with E-state index in [2.05, 4.69) is 10.7 Å². The van der Waals surface area contributed by atoms with Gasteiger partial charge in [-0.05, 0) is 18.2 Å². The highest BCUT2D eigenvalue weighted by molar-refractivity contribution is 5.51. The number of rotatable bonds is 2. The van der Waals surface area contributed by atoms with Gasteiger partial charge in [0.15, 0.2) is 0 Å². The lowest BCUT2D eigenvalue weighted by atomic mass is 10.1. The van der Waals surface area contributed by atoms with Crippen molar-refractivity contribution in [3.05, 3.63) is 29.3 Å². The van der Waals surface area contributed by atoms with Crippen LogP contribution in [0.2, 0.25) is 0 Å². The van der Waals surface area contributed by atoms with Crippen molar-refractivity contribution < 1.29 is 9.53 Å². The van der Waals surface area contributed by atoms with Crippen molar-refractivity contribution in [2.24, 2.45) is 0 Å². The second kappa shape index (κ2) is 3.94. The van der Waals surface area contributed by atoms with Crippen LogP contribution in [0.3, 0.4) is 0 Å². The van der Waals surface area contributed by atoms with Gasteiger partial charge in [-0.1, -0.05) is 5.92 Å². The van der Waals surface area contributed by atoms with Crippen LogP contribution in [0.25, 0.3) is 0 Å². The largest absolute Gasteiger partial charge is 0.429 e. The van der Waals surface area contributed by atoms with Gasteiger partial charge < -0.3 is 4.74 Å². The van der Waals surface area contributed by atoms with Crippen molar-refractivity contribution in [1.29, 1.82) is 5.26 Å². The fourth-order valence-electron chi connectivity index (χ4n) is 0.871. The topological polar surface area (TPSA) is 50.1 Å². The molecule has 62 valence electrons. The van der Waals surface area contributed by atoms with Gasteiger partial charge in [-0.15, -0.1) is 6.42 Å². The number of carbonyl (C=O) groups is 1. The first kappa shape index (κ1) is 8.83. The van der Waals surface area contributed by atoms with Crippen molar-refractivity contribution in [2.75, 3.05) is 0 Å². The molecule has 0 aliphatic carbocycles. The molecule has 0 N–H and O–H groups in total. The van der Waals surface area contributed by atoms with Gasteiger partial charge in [0.1, 0.15) is 5.75 Å². The summed E-state index contributed by atoms with van der Waals surface area (Å²) in [5, 5.41) is 8.59. The molecule has 0 radical (unpaired) electrons. The van der Waals surface area contributed by atoms with E-state index >= 15 is 0 Å². The van der Waals surface area contributed by atoms with E-state index in [1.54, 1.807) is 0 Å². The smallest absolute Gasteiger partial charge is 0.298 e. The summed E-state index contributed by atoms with van der Waals surface area (Å²) < 4.78 is 4.56. The zero-order valence-electron chi connectivity index (χ0n) is 6.65. The van der Waals surface area contributed by atoms with E-state index in [0.29, 0.717) is 11.1 Å². The van der Waals surface area contributed by atoms with Gasteiger partial charge in [0.05, 0.1) is 11.6 Å². The molecule has 3 nitrogen and oxygen atoms in total. The number of ether oxygens (including phenoxy) is 1. The first-order chi connectivity index (χ1) is 6.30. The molecule has 3 heteroatoms. The Kier molecular flexibility index (Phi) is 2.68. The van der Waals surface area contributed by atoms with Gasteiger partial charge in [-0.2, -0.15) is 5.26 Å². The summed E-state index contributed by atoms with van der Waals surface area (Å²) in [7, 11) is 0. The number of nitriles is 1. The average molecular weight is 171 g/mol. The highest BCUT2D eigenvalue weighted by Gasteiger charge is 1.99. The van der Waals surface area contributed by atoms with E-state index < -0.39 is 0 Å². The molecule has 0 amide bonds. The Morgan fingerprint density at radius 2 is 2.08 bits per heavy atom. The van der Waals surface area contributed by atoms with Crippen LogP contribution in [-0.4, -0.2) is 6.47 Å².